The Kier molecular flexibility index (Phi) is 7.14. The minimum absolute atomic E-state index is 0.582. The molecule has 2 heterocycles. The highest BCUT2D eigenvalue weighted by Gasteiger charge is 2.23. The normalized spacial score (nSPS) is 11.6. The molecule has 0 saturated carbocycles. The fourth-order valence-electron chi connectivity index (χ4n) is 8.13. The third kappa shape index (κ3) is 5.19. The van der Waals surface area contributed by atoms with Gasteiger partial charge in [0.2, 0.25) is 5.89 Å². The van der Waals surface area contributed by atoms with Gasteiger partial charge in [0.25, 0.3) is 0 Å². The predicted octanol–water partition coefficient (Wildman–Crippen LogP) is 14.5. The summed E-state index contributed by atoms with van der Waals surface area (Å²) < 4.78 is 12.9. The first kappa shape index (κ1) is 31.1. The van der Waals surface area contributed by atoms with Crippen LogP contribution in [0.3, 0.4) is 0 Å². The maximum absolute atomic E-state index is 6.44. The Balaban J connectivity index is 1.14. The molecule has 0 atom stereocenters. The van der Waals surface area contributed by atoms with Crippen molar-refractivity contribution in [2.75, 3.05) is 4.90 Å². The van der Waals surface area contributed by atoms with Crippen molar-refractivity contribution >= 4 is 71.6 Å². The van der Waals surface area contributed by atoms with E-state index in [4.69, 9.17) is 13.8 Å². The van der Waals surface area contributed by atoms with Gasteiger partial charge in [-0.2, -0.15) is 0 Å². The maximum atomic E-state index is 6.44. The molecule has 55 heavy (non-hydrogen) atoms. The monoisotopic (exact) mass is 704 g/mol. The van der Waals surface area contributed by atoms with Gasteiger partial charge in [0.05, 0.1) is 5.69 Å². The molecule has 0 N–H and O–H groups in total. The van der Waals surface area contributed by atoms with E-state index in [1.807, 2.05) is 48.5 Å². The van der Waals surface area contributed by atoms with Crippen molar-refractivity contribution < 1.29 is 8.83 Å². The van der Waals surface area contributed by atoms with Gasteiger partial charge in [-0.05, 0) is 81.4 Å². The first-order valence-corrected chi connectivity index (χ1v) is 18.5. The number of anilines is 3. The van der Waals surface area contributed by atoms with E-state index in [2.05, 4.69) is 150 Å². The van der Waals surface area contributed by atoms with E-state index in [1.54, 1.807) is 0 Å². The molecule has 258 valence electrons. The highest BCUT2D eigenvalue weighted by atomic mass is 16.4. The van der Waals surface area contributed by atoms with Crippen LogP contribution in [0, 0.1) is 0 Å². The van der Waals surface area contributed by atoms with Gasteiger partial charge in [0.15, 0.2) is 5.58 Å². The Bertz CT molecular complexity index is 3200. The number of hydrogen-bond acceptors (Lipinski definition) is 4. The van der Waals surface area contributed by atoms with Gasteiger partial charge >= 0.3 is 0 Å². The average Bonchev–Trinajstić information content (AvgIpc) is 3.85. The largest absolute Gasteiger partial charge is 0.456 e. The van der Waals surface area contributed by atoms with Crippen LogP contribution in [-0.4, -0.2) is 4.98 Å². The Morgan fingerprint density at radius 3 is 1.84 bits per heavy atom. The molecule has 0 aliphatic carbocycles. The van der Waals surface area contributed by atoms with Crippen LogP contribution in [0.5, 0.6) is 0 Å². The van der Waals surface area contributed by atoms with Crippen molar-refractivity contribution in [3.8, 4) is 33.7 Å². The summed E-state index contributed by atoms with van der Waals surface area (Å²) in [5.41, 5.74) is 11.6. The van der Waals surface area contributed by atoms with Crippen molar-refractivity contribution in [2.24, 2.45) is 0 Å². The summed E-state index contributed by atoms with van der Waals surface area (Å²) in [5, 5.41) is 6.90. The molecule has 0 fully saturated rings. The van der Waals surface area contributed by atoms with Crippen LogP contribution in [0.4, 0.5) is 17.1 Å². The van der Waals surface area contributed by atoms with E-state index in [9.17, 15) is 0 Å². The number of para-hydroxylation sites is 1. The quantitative estimate of drug-likeness (QED) is 0.162. The van der Waals surface area contributed by atoms with Crippen LogP contribution in [-0.2, 0) is 0 Å². The molecule has 0 amide bonds. The number of hydrogen-bond donors (Lipinski definition) is 0. The number of nitrogens with zero attached hydrogens (tertiary/aromatic N) is 2. The van der Waals surface area contributed by atoms with E-state index >= 15 is 0 Å². The Labute approximate surface area is 317 Å². The smallest absolute Gasteiger partial charge is 0.227 e. The molecule has 4 heteroatoms. The lowest BCUT2D eigenvalue weighted by Crippen LogP contribution is -2.10. The fraction of sp³-hybridized carbons (Fsp3) is 0. The van der Waals surface area contributed by atoms with Gasteiger partial charge in [-0.3, -0.25) is 0 Å². The lowest BCUT2D eigenvalue weighted by Gasteiger charge is -2.28. The van der Waals surface area contributed by atoms with E-state index in [1.165, 1.54) is 27.1 Å². The van der Waals surface area contributed by atoms with Crippen LogP contribution in [0.15, 0.2) is 203 Å². The van der Waals surface area contributed by atoms with Crippen LogP contribution in [0.2, 0.25) is 0 Å². The fourth-order valence-corrected chi connectivity index (χ4v) is 8.13. The number of aromatic nitrogens is 1. The molecular formula is C51H32N2O2. The molecule has 0 radical (unpaired) electrons. The van der Waals surface area contributed by atoms with E-state index in [-0.39, 0.29) is 0 Å². The Hall–Kier alpha value is -7.43. The van der Waals surface area contributed by atoms with Crippen molar-refractivity contribution in [3.63, 3.8) is 0 Å². The number of oxazole rings is 1. The van der Waals surface area contributed by atoms with E-state index in [0.29, 0.717) is 11.5 Å². The average molecular weight is 705 g/mol. The summed E-state index contributed by atoms with van der Waals surface area (Å²) in [6.07, 6.45) is 0. The summed E-state index contributed by atoms with van der Waals surface area (Å²) in [4.78, 5) is 7.52. The third-order valence-electron chi connectivity index (χ3n) is 10.7. The molecule has 0 saturated heterocycles. The zero-order chi connectivity index (χ0) is 36.3. The van der Waals surface area contributed by atoms with Crippen molar-refractivity contribution in [3.05, 3.63) is 194 Å². The van der Waals surface area contributed by atoms with Crippen molar-refractivity contribution in [2.45, 2.75) is 0 Å². The Morgan fingerprint density at radius 2 is 1.04 bits per heavy atom. The van der Waals surface area contributed by atoms with Crippen LogP contribution in [0.1, 0.15) is 0 Å². The second kappa shape index (κ2) is 12.6. The highest BCUT2D eigenvalue weighted by molar-refractivity contribution is 6.19. The van der Waals surface area contributed by atoms with E-state index < -0.39 is 0 Å². The van der Waals surface area contributed by atoms with Crippen LogP contribution < -0.4 is 4.90 Å². The number of fused-ring (bicyclic) bond motifs is 7. The van der Waals surface area contributed by atoms with E-state index in [0.717, 1.165) is 66.8 Å². The topological polar surface area (TPSA) is 42.4 Å². The van der Waals surface area contributed by atoms with Crippen LogP contribution >= 0.6 is 0 Å². The van der Waals surface area contributed by atoms with Gasteiger partial charge in [0, 0.05) is 44.7 Å². The first-order valence-electron chi connectivity index (χ1n) is 18.5. The van der Waals surface area contributed by atoms with Gasteiger partial charge in [-0.1, -0.05) is 140 Å². The van der Waals surface area contributed by atoms with Crippen molar-refractivity contribution in [1.82, 2.24) is 4.98 Å². The summed E-state index contributed by atoms with van der Waals surface area (Å²) in [7, 11) is 0. The minimum atomic E-state index is 0.582. The minimum Gasteiger partial charge on any atom is -0.456 e. The molecule has 9 aromatic carbocycles. The first-order chi connectivity index (χ1) is 27.3. The number of benzene rings is 9. The van der Waals surface area contributed by atoms with Gasteiger partial charge in [-0.15, -0.1) is 0 Å². The van der Waals surface area contributed by atoms with Crippen LogP contribution in [0.25, 0.3) is 88.3 Å². The molecule has 4 nitrogen and oxygen atoms in total. The van der Waals surface area contributed by atoms with Crippen molar-refractivity contribution in [1.29, 1.82) is 0 Å². The molecule has 11 aromatic rings. The SMILES string of the molecule is c1ccc(-c2cccc(N(c3ccc(-c4c5nc(-c6ccccc6)oc5cc5oc6ccccc6c45)cc3)c3cc4ccccc4c4ccccc34)c2)cc1. The summed E-state index contributed by atoms with van der Waals surface area (Å²) in [6.45, 7) is 0. The molecule has 0 bridgehead atoms. The summed E-state index contributed by atoms with van der Waals surface area (Å²) in [6, 6.07) is 68.2. The zero-order valence-corrected chi connectivity index (χ0v) is 29.7. The summed E-state index contributed by atoms with van der Waals surface area (Å²) >= 11 is 0. The number of furan rings is 1. The predicted molar refractivity (Wildman–Crippen MR) is 227 cm³/mol. The molecule has 0 unspecified atom stereocenters. The number of rotatable bonds is 6. The van der Waals surface area contributed by atoms with Gasteiger partial charge in [0.1, 0.15) is 16.7 Å². The molecule has 11 rings (SSSR count). The lowest BCUT2D eigenvalue weighted by molar-refractivity contribution is 0.617. The molecule has 0 spiro atoms. The Morgan fingerprint density at radius 1 is 0.382 bits per heavy atom. The maximum Gasteiger partial charge on any atom is 0.227 e. The second-order valence-corrected chi connectivity index (χ2v) is 13.9. The molecule has 0 aliphatic rings. The standard InChI is InChI=1S/C51H32N2O2/c1-3-14-33(15-4-1)36-19-13-20-39(30-36)53(44-31-37-18-7-8-21-40(37)41-22-9-10-23-42(41)44)38-28-26-34(27-29-38)48-49-43-24-11-12-25-45(43)54-46(49)32-47-50(48)52-51(55-47)35-16-5-2-6-17-35/h1-32H. The summed E-state index contributed by atoms with van der Waals surface area (Å²) in [5.74, 6) is 0.582. The highest BCUT2D eigenvalue weighted by Crippen LogP contribution is 2.46. The second-order valence-electron chi connectivity index (χ2n) is 13.9. The zero-order valence-electron chi connectivity index (χ0n) is 29.7. The molecule has 2 aromatic heterocycles. The van der Waals surface area contributed by atoms with Gasteiger partial charge in [-0.25, -0.2) is 4.98 Å². The third-order valence-corrected chi connectivity index (χ3v) is 10.7. The van der Waals surface area contributed by atoms with Gasteiger partial charge < -0.3 is 13.7 Å². The lowest BCUT2D eigenvalue weighted by atomic mass is 9.96. The molecule has 0 aliphatic heterocycles. The molecular weight excluding hydrogens is 673 g/mol.